The average molecular weight is 360 g/mol. The maximum absolute atomic E-state index is 11.6. The van der Waals surface area contributed by atoms with Crippen molar-refractivity contribution in [3.63, 3.8) is 0 Å². The number of carbonyl (C=O) groups excluding carboxylic acids is 1. The lowest BCUT2D eigenvalue weighted by Crippen LogP contribution is -2.33. The van der Waals surface area contributed by atoms with Crippen molar-refractivity contribution in [3.8, 4) is 11.5 Å². The Kier molecular flexibility index (Phi) is 6.33. The van der Waals surface area contributed by atoms with Crippen LogP contribution in [0.5, 0.6) is 11.5 Å². The van der Waals surface area contributed by atoms with Crippen LogP contribution >= 0.6 is 15.9 Å². The van der Waals surface area contributed by atoms with Gasteiger partial charge < -0.3 is 19.5 Å². The van der Waals surface area contributed by atoms with Gasteiger partial charge in [-0.15, -0.1) is 0 Å². The van der Waals surface area contributed by atoms with Crippen molar-refractivity contribution >= 4 is 22.0 Å². The summed E-state index contributed by atoms with van der Waals surface area (Å²) in [5, 5.41) is 2.72. The number of alkyl carbamates (subject to hydrolysis) is 1. The summed E-state index contributed by atoms with van der Waals surface area (Å²) in [7, 11) is 3.22. The SMILES string of the molecule is COc1cc(Br)c(OC)c(CCNC(=O)OC(C)(C)C)c1. The minimum Gasteiger partial charge on any atom is -0.497 e. The van der Waals surface area contributed by atoms with Crippen LogP contribution in [0, 0.1) is 0 Å². The van der Waals surface area contributed by atoms with Gasteiger partial charge in [0.2, 0.25) is 0 Å². The first kappa shape index (κ1) is 17.6. The molecule has 0 aliphatic heterocycles. The van der Waals surface area contributed by atoms with Gasteiger partial charge in [-0.3, -0.25) is 0 Å². The number of carbonyl (C=O) groups is 1. The first-order valence-electron chi connectivity index (χ1n) is 6.64. The molecular formula is C15H22BrNO4. The molecule has 118 valence electrons. The van der Waals surface area contributed by atoms with Crippen molar-refractivity contribution in [2.75, 3.05) is 20.8 Å². The summed E-state index contributed by atoms with van der Waals surface area (Å²) in [6.45, 7) is 5.93. The Morgan fingerprint density at radius 1 is 1.24 bits per heavy atom. The molecule has 21 heavy (non-hydrogen) atoms. The standard InChI is InChI=1S/C15H22BrNO4/c1-15(2,3)21-14(18)17-7-6-10-8-11(19-4)9-12(16)13(10)20-5/h8-9H,6-7H2,1-5H3,(H,17,18). The third-order valence-corrected chi connectivity index (χ3v) is 3.19. The lowest BCUT2D eigenvalue weighted by atomic mass is 10.1. The normalized spacial score (nSPS) is 11.0. The van der Waals surface area contributed by atoms with Gasteiger partial charge in [0.1, 0.15) is 17.1 Å². The molecule has 0 aliphatic rings. The highest BCUT2D eigenvalue weighted by molar-refractivity contribution is 9.10. The zero-order valence-corrected chi connectivity index (χ0v) is 14.7. The van der Waals surface area contributed by atoms with Crippen LogP contribution < -0.4 is 14.8 Å². The highest BCUT2D eigenvalue weighted by Gasteiger charge is 2.16. The fourth-order valence-electron chi connectivity index (χ4n) is 1.77. The third kappa shape index (κ3) is 5.83. The van der Waals surface area contributed by atoms with Crippen molar-refractivity contribution in [1.82, 2.24) is 5.32 Å². The number of halogens is 1. The summed E-state index contributed by atoms with van der Waals surface area (Å²) in [5.74, 6) is 1.47. The minimum absolute atomic E-state index is 0.427. The lowest BCUT2D eigenvalue weighted by Gasteiger charge is -2.20. The van der Waals surface area contributed by atoms with Gasteiger partial charge in [-0.1, -0.05) is 0 Å². The highest BCUT2D eigenvalue weighted by Crippen LogP contribution is 2.33. The van der Waals surface area contributed by atoms with E-state index in [4.69, 9.17) is 14.2 Å². The molecule has 1 N–H and O–H groups in total. The number of hydrogen-bond acceptors (Lipinski definition) is 4. The lowest BCUT2D eigenvalue weighted by molar-refractivity contribution is 0.0528. The first-order chi connectivity index (χ1) is 9.76. The van der Waals surface area contributed by atoms with E-state index in [2.05, 4.69) is 21.2 Å². The Bertz CT molecular complexity index is 497. The Morgan fingerprint density at radius 3 is 2.43 bits per heavy atom. The second-order valence-electron chi connectivity index (χ2n) is 5.48. The summed E-state index contributed by atoms with van der Waals surface area (Å²) < 4.78 is 16.6. The molecule has 1 rings (SSSR count). The van der Waals surface area contributed by atoms with Gasteiger partial charge in [0.15, 0.2) is 0 Å². The van der Waals surface area contributed by atoms with E-state index in [0.29, 0.717) is 13.0 Å². The number of rotatable bonds is 5. The summed E-state index contributed by atoms with van der Waals surface area (Å²) >= 11 is 3.44. The molecule has 5 nitrogen and oxygen atoms in total. The van der Waals surface area contributed by atoms with Gasteiger partial charge in [-0.25, -0.2) is 4.79 Å². The largest absolute Gasteiger partial charge is 0.497 e. The zero-order valence-electron chi connectivity index (χ0n) is 13.1. The number of nitrogens with one attached hydrogen (secondary N) is 1. The van der Waals surface area contributed by atoms with Crippen molar-refractivity contribution in [3.05, 3.63) is 22.2 Å². The predicted octanol–water partition coefficient (Wildman–Crippen LogP) is 3.53. The Hall–Kier alpha value is -1.43. The van der Waals surface area contributed by atoms with Crippen molar-refractivity contribution in [1.29, 1.82) is 0 Å². The molecular weight excluding hydrogens is 338 g/mol. The van der Waals surface area contributed by atoms with Crippen LogP contribution in [-0.2, 0) is 11.2 Å². The molecule has 0 aliphatic carbocycles. The summed E-state index contributed by atoms with van der Waals surface area (Å²) in [5.41, 5.74) is 0.445. The van der Waals surface area contributed by atoms with Crippen molar-refractivity contribution in [2.45, 2.75) is 32.8 Å². The molecule has 1 aromatic rings. The van der Waals surface area contributed by atoms with Gasteiger partial charge in [0.05, 0.1) is 18.7 Å². The Labute approximate surface area is 134 Å². The van der Waals surface area contributed by atoms with Crippen molar-refractivity contribution in [2.24, 2.45) is 0 Å². The van der Waals surface area contributed by atoms with E-state index in [0.717, 1.165) is 21.5 Å². The molecule has 0 radical (unpaired) electrons. The molecule has 0 fully saturated rings. The van der Waals surface area contributed by atoms with E-state index in [1.807, 2.05) is 32.9 Å². The molecule has 0 saturated carbocycles. The van der Waals surface area contributed by atoms with Gasteiger partial charge in [-0.05, 0) is 55.3 Å². The first-order valence-corrected chi connectivity index (χ1v) is 7.43. The van der Waals surface area contributed by atoms with Gasteiger partial charge in [0.25, 0.3) is 0 Å². The maximum atomic E-state index is 11.6. The quantitative estimate of drug-likeness (QED) is 0.873. The number of amides is 1. The fraction of sp³-hybridized carbons (Fsp3) is 0.533. The van der Waals surface area contributed by atoms with Crippen LogP contribution in [0.25, 0.3) is 0 Å². The van der Waals surface area contributed by atoms with Crippen LogP contribution in [0.4, 0.5) is 4.79 Å². The molecule has 0 bridgehead atoms. The number of ether oxygens (including phenoxy) is 3. The second kappa shape index (κ2) is 7.54. The number of hydrogen-bond donors (Lipinski definition) is 1. The van der Waals surface area contributed by atoms with E-state index in [9.17, 15) is 4.79 Å². The Morgan fingerprint density at radius 2 is 1.90 bits per heavy atom. The van der Waals surface area contributed by atoms with Crippen LogP contribution in [0.3, 0.4) is 0 Å². The molecule has 0 unspecified atom stereocenters. The van der Waals surface area contributed by atoms with Crippen molar-refractivity contribution < 1.29 is 19.0 Å². The fourth-order valence-corrected chi connectivity index (χ4v) is 2.41. The molecule has 0 saturated heterocycles. The smallest absolute Gasteiger partial charge is 0.407 e. The number of methoxy groups -OCH3 is 2. The molecule has 0 aromatic heterocycles. The second-order valence-corrected chi connectivity index (χ2v) is 6.33. The number of benzene rings is 1. The molecule has 1 amide bonds. The summed E-state index contributed by atoms with van der Waals surface area (Å²) in [6.07, 6.45) is 0.182. The topological polar surface area (TPSA) is 56.8 Å². The summed E-state index contributed by atoms with van der Waals surface area (Å²) in [4.78, 5) is 11.6. The minimum atomic E-state index is -0.499. The zero-order chi connectivity index (χ0) is 16.0. The molecule has 6 heteroatoms. The predicted molar refractivity (Wildman–Crippen MR) is 85.2 cm³/mol. The van der Waals surface area contributed by atoms with Crippen LogP contribution in [-0.4, -0.2) is 32.5 Å². The van der Waals surface area contributed by atoms with Gasteiger partial charge in [-0.2, -0.15) is 0 Å². The van der Waals surface area contributed by atoms with E-state index in [-0.39, 0.29) is 0 Å². The van der Waals surface area contributed by atoms with E-state index in [1.165, 1.54) is 0 Å². The van der Waals surface area contributed by atoms with E-state index < -0.39 is 11.7 Å². The average Bonchev–Trinajstić information content (AvgIpc) is 2.36. The Balaban J connectivity index is 2.67. The maximum Gasteiger partial charge on any atom is 0.407 e. The van der Waals surface area contributed by atoms with Gasteiger partial charge in [0, 0.05) is 12.1 Å². The van der Waals surface area contributed by atoms with Gasteiger partial charge >= 0.3 is 6.09 Å². The molecule has 0 spiro atoms. The summed E-state index contributed by atoms with van der Waals surface area (Å²) in [6, 6.07) is 3.73. The van der Waals surface area contributed by atoms with Crippen LogP contribution in [0.2, 0.25) is 0 Å². The molecule has 0 atom stereocenters. The van der Waals surface area contributed by atoms with E-state index >= 15 is 0 Å². The highest BCUT2D eigenvalue weighted by atomic mass is 79.9. The molecule has 0 heterocycles. The van der Waals surface area contributed by atoms with Crippen LogP contribution in [0.1, 0.15) is 26.3 Å². The van der Waals surface area contributed by atoms with Crippen LogP contribution in [0.15, 0.2) is 16.6 Å². The third-order valence-electron chi connectivity index (χ3n) is 2.60. The monoisotopic (exact) mass is 359 g/mol. The van der Waals surface area contributed by atoms with E-state index in [1.54, 1.807) is 14.2 Å². The molecule has 1 aromatic carbocycles.